The first-order chi connectivity index (χ1) is 8.61. The predicted octanol–water partition coefficient (Wildman–Crippen LogP) is -0.118. The molecule has 2 rings (SSSR count). The minimum Gasteiger partial charge on any atom is -0.406 e. The highest BCUT2D eigenvalue weighted by atomic mass is 32.2. The molecule has 1 atom stereocenters. The van der Waals surface area contributed by atoms with E-state index >= 15 is 0 Å². The second kappa shape index (κ2) is 5.63. The monoisotopic (exact) mass is 276 g/mol. The van der Waals surface area contributed by atoms with Gasteiger partial charge in [0.25, 0.3) is 0 Å². The van der Waals surface area contributed by atoms with Crippen LogP contribution in [0.4, 0.5) is 6.01 Å². The molecular formula is C9H16N4O4S. The molecule has 1 aromatic rings. The number of ether oxygens (including phenoxy) is 1. The van der Waals surface area contributed by atoms with Gasteiger partial charge in [-0.05, 0) is 19.4 Å². The first kappa shape index (κ1) is 13.2. The molecule has 1 saturated heterocycles. The maximum Gasteiger partial charge on any atom is 0.329 e. The van der Waals surface area contributed by atoms with Crippen molar-refractivity contribution in [1.82, 2.24) is 15.5 Å². The molecule has 0 bridgehead atoms. The summed E-state index contributed by atoms with van der Waals surface area (Å²) in [4.78, 5) is 0. The van der Waals surface area contributed by atoms with Gasteiger partial charge in [-0.25, -0.2) is 13.1 Å². The van der Waals surface area contributed by atoms with Crippen molar-refractivity contribution in [2.75, 3.05) is 30.7 Å². The van der Waals surface area contributed by atoms with Crippen LogP contribution in [0.3, 0.4) is 0 Å². The first-order valence-corrected chi connectivity index (χ1v) is 7.32. The van der Waals surface area contributed by atoms with Gasteiger partial charge in [-0.15, -0.1) is 5.10 Å². The van der Waals surface area contributed by atoms with Gasteiger partial charge in [0.2, 0.25) is 15.9 Å². The molecule has 18 heavy (non-hydrogen) atoms. The van der Waals surface area contributed by atoms with E-state index in [-0.39, 0.29) is 24.4 Å². The molecule has 0 aromatic carbocycles. The Morgan fingerprint density at radius 3 is 3.06 bits per heavy atom. The number of anilines is 1. The number of hydrogen-bond donors (Lipinski definition) is 2. The molecular weight excluding hydrogens is 260 g/mol. The summed E-state index contributed by atoms with van der Waals surface area (Å²) in [5.41, 5.74) is 0. The quantitative estimate of drug-likeness (QED) is 0.746. The van der Waals surface area contributed by atoms with Crippen molar-refractivity contribution in [3.05, 3.63) is 5.89 Å². The number of aromatic nitrogens is 2. The van der Waals surface area contributed by atoms with E-state index in [1.807, 2.05) is 0 Å². The predicted molar refractivity (Wildman–Crippen MR) is 63.6 cm³/mol. The van der Waals surface area contributed by atoms with Gasteiger partial charge in [0.05, 0.1) is 18.4 Å². The molecule has 2 N–H and O–H groups in total. The lowest BCUT2D eigenvalue weighted by Gasteiger charge is -2.04. The fourth-order valence-electron chi connectivity index (χ4n) is 1.69. The Bertz CT molecular complexity index is 481. The van der Waals surface area contributed by atoms with Gasteiger partial charge in [-0.1, -0.05) is 5.10 Å². The fraction of sp³-hybridized carbons (Fsp3) is 0.778. The first-order valence-electron chi connectivity index (χ1n) is 5.67. The summed E-state index contributed by atoms with van der Waals surface area (Å²) in [6.07, 6.45) is 1.96. The maximum atomic E-state index is 11.6. The van der Waals surface area contributed by atoms with Crippen LogP contribution in [0.15, 0.2) is 4.42 Å². The molecule has 1 aliphatic rings. The van der Waals surface area contributed by atoms with E-state index in [2.05, 4.69) is 20.2 Å². The van der Waals surface area contributed by atoms with Crippen molar-refractivity contribution >= 4 is 16.0 Å². The number of nitrogens with zero attached hydrogens (tertiary/aromatic N) is 2. The zero-order valence-corrected chi connectivity index (χ0v) is 10.9. The van der Waals surface area contributed by atoms with E-state index in [0.29, 0.717) is 5.89 Å². The summed E-state index contributed by atoms with van der Waals surface area (Å²) in [6, 6.07) is -0.0791. The van der Waals surface area contributed by atoms with Gasteiger partial charge in [-0.3, -0.25) is 0 Å². The molecule has 1 aliphatic heterocycles. The summed E-state index contributed by atoms with van der Waals surface area (Å²) in [5, 5.41) is 10.7. The molecule has 0 amide bonds. The lowest BCUT2D eigenvalue weighted by molar-refractivity contribution is 0.217. The molecule has 0 radical (unpaired) electrons. The average Bonchev–Trinajstić information content (AvgIpc) is 2.95. The van der Waals surface area contributed by atoms with Gasteiger partial charge in [0.1, 0.15) is 0 Å². The van der Waals surface area contributed by atoms with E-state index < -0.39 is 10.0 Å². The standard InChI is InChI=1S/C9H16N4O4S/c1-16-5-6-18(14,15)13-9-12-11-8(17-9)7-3-2-4-10-7/h7,10H,2-6H2,1H3,(H,12,13). The number of nitrogens with one attached hydrogen (secondary N) is 2. The van der Waals surface area contributed by atoms with E-state index in [4.69, 9.17) is 9.15 Å². The number of methoxy groups -OCH3 is 1. The normalized spacial score (nSPS) is 20.2. The Labute approximate surface area is 105 Å². The van der Waals surface area contributed by atoms with Crippen molar-refractivity contribution in [3.63, 3.8) is 0 Å². The zero-order valence-electron chi connectivity index (χ0n) is 10.0. The van der Waals surface area contributed by atoms with Crippen LogP contribution >= 0.6 is 0 Å². The fourth-order valence-corrected chi connectivity index (χ4v) is 2.53. The van der Waals surface area contributed by atoms with Gasteiger partial charge in [0, 0.05) is 7.11 Å². The lowest BCUT2D eigenvalue weighted by atomic mass is 10.2. The molecule has 1 aromatic heterocycles. The van der Waals surface area contributed by atoms with Crippen LogP contribution in [0.5, 0.6) is 0 Å². The maximum absolute atomic E-state index is 11.6. The van der Waals surface area contributed by atoms with Gasteiger partial charge in [0.15, 0.2) is 0 Å². The molecule has 0 aliphatic carbocycles. The largest absolute Gasteiger partial charge is 0.406 e. The Morgan fingerprint density at radius 2 is 2.39 bits per heavy atom. The number of hydrogen-bond acceptors (Lipinski definition) is 7. The second-order valence-electron chi connectivity index (χ2n) is 4.01. The van der Waals surface area contributed by atoms with E-state index in [0.717, 1.165) is 19.4 Å². The summed E-state index contributed by atoms with van der Waals surface area (Å²) in [7, 11) is -2.06. The van der Waals surface area contributed by atoms with Crippen LogP contribution in [0.1, 0.15) is 24.8 Å². The Hall–Kier alpha value is -1.19. The highest BCUT2D eigenvalue weighted by Crippen LogP contribution is 2.23. The third kappa shape index (κ3) is 3.40. The second-order valence-corrected chi connectivity index (χ2v) is 5.85. The summed E-state index contributed by atoms with van der Waals surface area (Å²) >= 11 is 0. The molecule has 2 heterocycles. The van der Waals surface area contributed by atoms with E-state index in [1.54, 1.807) is 0 Å². The van der Waals surface area contributed by atoms with Crippen LogP contribution < -0.4 is 10.0 Å². The SMILES string of the molecule is COCCS(=O)(=O)Nc1nnc(C2CCCN2)o1. The molecule has 0 spiro atoms. The molecule has 1 fully saturated rings. The van der Waals surface area contributed by atoms with Crippen LogP contribution in [-0.4, -0.2) is 44.6 Å². The van der Waals surface area contributed by atoms with Gasteiger partial charge >= 0.3 is 6.01 Å². The van der Waals surface area contributed by atoms with E-state index in [1.165, 1.54) is 7.11 Å². The minimum atomic E-state index is -3.50. The third-order valence-corrected chi connectivity index (χ3v) is 3.79. The highest BCUT2D eigenvalue weighted by Gasteiger charge is 2.23. The Kier molecular flexibility index (Phi) is 4.15. The van der Waals surface area contributed by atoms with Crippen molar-refractivity contribution in [2.45, 2.75) is 18.9 Å². The van der Waals surface area contributed by atoms with Crippen molar-refractivity contribution in [2.24, 2.45) is 0 Å². The van der Waals surface area contributed by atoms with Crippen molar-refractivity contribution in [1.29, 1.82) is 0 Å². The number of sulfonamides is 1. The molecule has 8 nitrogen and oxygen atoms in total. The summed E-state index contributed by atoms with van der Waals surface area (Å²) in [5.74, 6) is 0.264. The summed E-state index contributed by atoms with van der Waals surface area (Å²) in [6.45, 7) is 1.02. The van der Waals surface area contributed by atoms with Crippen LogP contribution in [0, 0.1) is 0 Å². The highest BCUT2D eigenvalue weighted by molar-refractivity contribution is 7.92. The summed E-state index contributed by atoms with van der Waals surface area (Å²) < 4.78 is 35.3. The van der Waals surface area contributed by atoms with Crippen molar-refractivity contribution < 1.29 is 17.6 Å². The molecule has 102 valence electrons. The van der Waals surface area contributed by atoms with Crippen LogP contribution in [-0.2, 0) is 14.8 Å². The van der Waals surface area contributed by atoms with Gasteiger partial charge < -0.3 is 14.5 Å². The van der Waals surface area contributed by atoms with Crippen LogP contribution in [0.25, 0.3) is 0 Å². The van der Waals surface area contributed by atoms with E-state index in [9.17, 15) is 8.42 Å². The Morgan fingerprint density at radius 1 is 1.56 bits per heavy atom. The smallest absolute Gasteiger partial charge is 0.329 e. The zero-order chi connectivity index (χ0) is 13.0. The lowest BCUT2D eigenvalue weighted by Crippen LogP contribution is -2.19. The molecule has 0 saturated carbocycles. The van der Waals surface area contributed by atoms with Gasteiger partial charge in [-0.2, -0.15) is 0 Å². The minimum absolute atomic E-state index is 0.0229. The third-order valence-electron chi connectivity index (χ3n) is 2.60. The number of rotatable bonds is 6. The molecule has 9 heteroatoms. The van der Waals surface area contributed by atoms with Crippen LogP contribution in [0.2, 0.25) is 0 Å². The average molecular weight is 276 g/mol. The Balaban J connectivity index is 1.97. The van der Waals surface area contributed by atoms with Crippen molar-refractivity contribution in [3.8, 4) is 0 Å². The molecule has 1 unspecified atom stereocenters. The topological polar surface area (TPSA) is 106 Å².